The molecule has 0 atom stereocenters. The highest BCUT2D eigenvalue weighted by Crippen LogP contribution is 2.27. The Hall–Kier alpha value is -2.35. The van der Waals surface area contributed by atoms with E-state index in [1.165, 1.54) is 35.6 Å². The lowest BCUT2D eigenvalue weighted by atomic mass is 9.98. The molecule has 0 saturated heterocycles. The standard InChI is InChI=1S/C16H19FN4O2S/c1-16(2,3)14-20-21-15(24-14)19-13(23)9-8-12(22)18-11-6-4-10(17)5-7-11/h4-7H,8-9H2,1-3H3,(H,18,22)(H,19,21,23). The molecule has 6 nitrogen and oxygen atoms in total. The Morgan fingerprint density at radius 3 is 2.17 bits per heavy atom. The van der Waals surface area contributed by atoms with Crippen molar-refractivity contribution < 1.29 is 14.0 Å². The van der Waals surface area contributed by atoms with Crippen LogP contribution in [0.1, 0.15) is 38.6 Å². The van der Waals surface area contributed by atoms with Crippen molar-refractivity contribution >= 4 is 34.0 Å². The van der Waals surface area contributed by atoms with Gasteiger partial charge in [-0.15, -0.1) is 10.2 Å². The van der Waals surface area contributed by atoms with Crippen molar-refractivity contribution in [2.45, 2.75) is 39.0 Å². The second kappa shape index (κ2) is 7.48. The highest BCUT2D eigenvalue weighted by molar-refractivity contribution is 7.15. The Balaban J connectivity index is 1.79. The van der Waals surface area contributed by atoms with Crippen molar-refractivity contribution in [1.82, 2.24) is 10.2 Å². The quantitative estimate of drug-likeness (QED) is 0.866. The Bertz CT molecular complexity index is 722. The highest BCUT2D eigenvalue weighted by Gasteiger charge is 2.20. The van der Waals surface area contributed by atoms with Crippen molar-refractivity contribution in [3.8, 4) is 0 Å². The molecule has 0 aliphatic heterocycles. The molecule has 8 heteroatoms. The molecular formula is C16H19FN4O2S. The van der Waals surface area contributed by atoms with Crippen LogP contribution in [0.4, 0.5) is 15.2 Å². The second-order valence-corrected chi connectivity index (χ2v) is 7.24. The zero-order valence-corrected chi connectivity index (χ0v) is 14.5. The van der Waals surface area contributed by atoms with Crippen LogP contribution in [0.2, 0.25) is 0 Å². The molecular weight excluding hydrogens is 331 g/mol. The molecule has 0 bridgehead atoms. The van der Waals surface area contributed by atoms with Gasteiger partial charge in [0.2, 0.25) is 16.9 Å². The summed E-state index contributed by atoms with van der Waals surface area (Å²) in [6.45, 7) is 6.04. The third-order valence-electron chi connectivity index (χ3n) is 3.02. The summed E-state index contributed by atoms with van der Waals surface area (Å²) in [6, 6.07) is 5.43. The first-order chi connectivity index (χ1) is 11.2. The van der Waals surface area contributed by atoms with Crippen molar-refractivity contribution in [2.24, 2.45) is 0 Å². The van der Waals surface area contributed by atoms with E-state index in [9.17, 15) is 14.0 Å². The number of benzene rings is 1. The highest BCUT2D eigenvalue weighted by atomic mass is 32.1. The average Bonchev–Trinajstić information content (AvgIpc) is 2.96. The van der Waals surface area contributed by atoms with Crippen LogP contribution in [-0.4, -0.2) is 22.0 Å². The summed E-state index contributed by atoms with van der Waals surface area (Å²) in [7, 11) is 0. The van der Waals surface area contributed by atoms with Gasteiger partial charge in [-0.1, -0.05) is 32.1 Å². The Morgan fingerprint density at radius 1 is 1.04 bits per heavy atom. The summed E-state index contributed by atoms with van der Waals surface area (Å²) in [5.41, 5.74) is 0.358. The van der Waals surface area contributed by atoms with E-state index in [0.29, 0.717) is 10.8 Å². The predicted molar refractivity (Wildman–Crippen MR) is 91.5 cm³/mol. The summed E-state index contributed by atoms with van der Waals surface area (Å²) >= 11 is 1.32. The van der Waals surface area contributed by atoms with Crippen LogP contribution in [0, 0.1) is 5.82 Å². The molecule has 0 spiro atoms. The summed E-state index contributed by atoms with van der Waals surface area (Å²) in [6.07, 6.45) is 0.0472. The van der Waals surface area contributed by atoms with Gasteiger partial charge < -0.3 is 10.6 Å². The number of carbonyl (C=O) groups excluding carboxylic acids is 2. The first kappa shape index (κ1) is 18.0. The molecule has 2 N–H and O–H groups in total. The lowest BCUT2D eigenvalue weighted by Crippen LogP contribution is -2.17. The molecule has 1 aromatic carbocycles. The Labute approximate surface area is 143 Å². The number of amides is 2. The first-order valence-electron chi connectivity index (χ1n) is 7.43. The van der Waals surface area contributed by atoms with E-state index in [1.54, 1.807) is 0 Å². The number of hydrogen-bond donors (Lipinski definition) is 2. The summed E-state index contributed by atoms with van der Waals surface area (Å²) in [4.78, 5) is 23.7. The molecule has 0 fully saturated rings. The van der Waals surface area contributed by atoms with Crippen LogP contribution in [0.15, 0.2) is 24.3 Å². The van der Waals surface area contributed by atoms with Crippen LogP contribution >= 0.6 is 11.3 Å². The number of aromatic nitrogens is 2. The molecule has 0 aliphatic carbocycles. The van der Waals surface area contributed by atoms with E-state index in [4.69, 9.17) is 0 Å². The van der Waals surface area contributed by atoms with Crippen LogP contribution < -0.4 is 10.6 Å². The van der Waals surface area contributed by atoms with Crippen molar-refractivity contribution in [3.63, 3.8) is 0 Å². The first-order valence-corrected chi connectivity index (χ1v) is 8.25. The second-order valence-electron chi connectivity index (χ2n) is 6.27. The summed E-state index contributed by atoms with van der Waals surface area (Å²) in [5, 5.41) is 14.5. The third kappa shape index (κ3) is 5.38. The molecule has 128 valence electrons. The van der Waals surface area contributed by atoms with Crippen molar-refractivity contribution in [2.75, 3.05) is 10.6 Å². The molecule has 1 aromatic heterocycles. The fourth-order valence-electron chi connectivity index (χ4n) is 1.74. The van der Waals surface area contributed by atoms with Crippen molar-refractivity contribution in [3.05, 3.63) is 35.1 Å². The van der Waals surface area contributed by atoms with Gasteiger partial charge in [-0.05, 0) is 24.3 Å². The number of anilines is 2. The number of nitrogens with zero attached hydrogens (tertiary/aromatic N) is 2. The topological polar surface area (TPSA) is 84.0 Å². The van der Waals surface area contributed by atoms with Gasteiger partial charge in [-0.2, -0.15) is 0 Å². The monoisotopic (exact) mass is 350 g/mol. The van der Waals surface area contributed by atoms with Crippen LogP contribution in [0.3, 0.4) is 0 Å². The zero-order chi connectivity index (χ0) is 17.7. The van der Waals surface area contributed by atoms with Gasteiger partial charge in [0.25, 0.3) is 0 Å². The number of halogens is 1. The molecule has 1 heterocycles. The summed E-state index contributed by atoms with van der Waals surface area (Å²) in [5.74, 6) is -0.996. The minimum absolute atomic E-state index is 0.0220. The number of rotatable bonds is 5. The van der Waals surface area contributed by atoms with E-state index in [1.807, 2.05) is 20.8 Å². The predicted octanol–water partition coefficient (Wildman–Crippen LogP) is 3.33. The fourth-order valence-corrected chi connectivity index (χ4v) is 2.56. The van der Waals surface area contributed by atoms with E-state index in [0.717, 1.165) is 5.01 Å². The summed E-state index contributed by atoms with van der Waals surface area (Å²) < 4.78 is 12.8. The minimum atomic E-state index is -0.376. The molecule has 0 aliphatic rings. The van der Waals surface area contributed by atoms with Gasteiger partial charge in [0, 0.05) is 23.9 Å². The van der Waals surface area contributed by atoms with E-state index in [2.05, 4.69) is 20.8 Å². The smallest absolute Gasteiger partial charge is 0.226 e. The third-order valence-corrected chi connectivity index (χ3v) is 4.28. The molecule has 2 amide bonds. The van der Waals surface area contributed by atoms with E-state index in [-0.39, 0.29) is 35.9 Å². The molecule has 24 heavy (non-hydrogen) atoms. The van der Waals surface area contributed by atoms with Crippen molar-refractivity contribution in [1.29, 1.82) is 0 Å². The lowest BCUT2D eigenvalue weighted by molar-refractivity contribution is -0.121. The molecule has 0 saturated carbocycles. The number of hydrogen-bond acceptors (Lipinski definition) is 5. The van der Waals surface area contributed by atoms with Gasteiger partial charge in [0.15, 0.2) is 0 Å². The van der Waals surface area contributed by atoms with Gasteiger partial charge in [0.05, 0.1) is 0 Å². The van der Waals surface area contributed by atoms with Gasteiger partial charge >= 0.3 is 0 Å². The van der Waals surface area contributed by atoms with Crippen LogP contribution in [0.5, 0.6) is 0 Å². The number of carbonyl (C=O) groups is 2. The Kier molecular flexibility index (Phi) is 5.61. The zero-order valence-electron chi connectivity index (χ0n) is 13.7. The molecule has 0 unspecified atom stereocenters. The van der Waals surface area contributed by atoms with Gasteiger partial charge in [-0.25, -0.2) is 4.39 Å². The molecule has 2 rings (SSSR count). The Morgan fingerprint density at radius 2 is 1.62 bits per heavy atom. The molecule has 0 radical (unpaired) electrons. The van der Waals surface area contributed by atoms with E-state index < -0.39 is 0 Å². The SMILES string of the molecule is CC(C)(C)c1nnc(NC(=O)CCC(=O)Nc2ccc(F)cc2)s1. The number of nitrogens with one attached hydrogen (secondary N) is 2. The largest absolute Gasteiger partial charge is 0.326 e. The lowest BCUT2D eigenvalue weighted by Gasteiger charge is -2.12. The normalized spacial score (nSPS) is 11.2. The van der Waals surface area contributed by atoms with Gasteiger partial charge in [0.1, 0.15) is 10.8 Å². The average molecular weight is 350 g/mol. The van der Waals surface area contributed by atoms with Crippen LogP contribution in [0.25, 0.3) is 0 Å². The maximum Gasteiger partial charge on any atom is 0.226 e. The van der Waals surface area contributed by atoms with E-state index >= 15 is 0 Å². The van der Waals surface area contributed by atoms with Crippen LogP contribution in [-0.2, 0) is 15.0 Å². The molecule has 2 aromatic rings. The maximum absolute atomic E-state index is 12.8. The maximum atomic E-state index is 12.8. The van der Waals surface area contributed by atoms with Gasteiger partial charge in [-0.3, -0.25) is 9.59 Å². The minimum Gasteiger partial charge on any atom is -0.326 e. The fraction of sp³-hybridized carbons (Fsp3) is 0.375.